The Kier molecular flexibility index (Phi) is 4.05. The van der Waals surface area contributed by atoms with Crippen LogP contribution in [0.1, 0.15) is 6.92 Å². The minimum absolute atomic E-state index is 0. The third kappa shape index (κ3) is 2.16. The molecule has 0 amide bonds. The van der Waals surface area contributed by atoms with Crippen molar-refractivity contribution in [3.05, 3.63) is 28.7 Å². The summed E-state index contributed by atoms with van der Waals surface area (Å²) in [6.07, 6.45) is 1.64. The second-order valence-corrected chi connectivity index (χ2v) is 1.98. The molecule has 0 saturated heterocycles. The van der Waals surface area contributed by atoms with E-state index in [2.05, 4.69) is 0 Å². The Morgan fingerprint density at radius 2 is 2.27 bits per heavy atom. The SMILES string of the molecule is CCn1cccc(O)c1=O.[Zn+2]. The fourth-order valence-electron chi connectivity index (χ4n) is 0.773. The van der Waals surface area contributed by atoms with Crippen LogP contribution < -0.4 is 5.56 Å². The van der Waals surface area contributed by atoms with E-state index < -0.39 is 0 Å². The molecule has 0 spiro atoms. The van der Waals surface area contributed by atoms with Crippen molar-refractivity contribution in [3.8, 4) is 5.75 Å². The Bertz CT molecular complexity index is 282. The molecule has 1 aromatic heterocycles. The largest absolute Gasteiger partial charge is 2.00 e. The van der Waals surface area contributed by atoms with Crippen molar-refractivity contribution >= 4 is 0 Å². The van der Waals surface area contributed by atoms with E-state index >= 15 is 0 Å². The summed E-state index contributed by atoms with van der Waals surface area (Å²) in [6.45, 7) is 2.44. The fourth-order valence-corrected chi connectivity index (χ4v) is 0.773. The normalized spacial score (nSPS) is 8.82. The molecule has 0 aliphatic heterocycles. The van der Waals surface area contributed by atoms with Gasteiger partial charge in [-0.05, 0) is 19.1 Å². The number of aryl methyl sites for hydroxylation is 1. The minimum atomic E-state index is -0.329. The second kappa shape index (κ2) is 4.29. The van der Waals surface area contributed by atoms with Gasteiger partial charge in [0.25, 0.3) is 5.56 Å². The van der Waals surface area contributed by atoms with Gasteiger partial charge in [-0.15, -0.1) is 0 Å². The first-order valence-corrected chi connectivity index (χ1v) is 3.14. The number of aromatic hydroxyl groups is 1. The molecular formula is C7H9NO2Zn+2. The van der Waals surface area contributed by atoms with Gasteiger partial charge >= 0.3 is 19.5 Å². The molecule has 0 fully saturated rings. The summed E-state index contributed by atoms with van der Waals surface area (Å²) in [4.78, 5) is 10.9. The van der Waals surface area contributed by atoms with Crippen LogP contribution in [0.25, 0.3) is 0 Å². The first-order chi connectivity index (χ1) is 4.75. The van der Waals surface area contributed by atoms with E-state index in [0.717, 1.165) is 0 Å². The molecule has 0 aliphatic rings. The molecule has 0 unspecified atom stereocenters. The van der Waals surface area contributed by atoms with Gasteiger partial charge in [-0.25, -0.2) is 0 Å². The second-order valence-electron chi connectivity index (χ2n) is 1.98. The number of aromatic nitrogens is 1. The van der Waals surface area contributed by atoms with Crippen LogP contribution in [0.4, 0.5) is 0 Å². The van der Waals surface area contributed by atoms with Crippen molar-refractivity contribution in [1.82, 2.24) is 4.57 Å². The van der Waals surface area contributed by atoms with E-state index in [9.17, 15) is 4.79 Å². The summed E-state index contributed by atoms with van der Waals surface area (Å²) in [5.74, 6) is -0.190. The summed E-state index contributed by atoms with van der Waals surface area (Å²) in [5.41, 5.74) is -0.329. The van der Waals surface area contributed by atoms with Crippen molar-refractivity contribution in [3.63, 3.8) is 0 Å². The zero-order valence-electron chi connectivity index (χ0n) is 6.45. The Hall–Kier alpha value is -0.627. The van der Waals surface area contributed by atoms with Gasteiger partial charge in [0.2, 0.25) is 0 Å². The zero-order valence-corrected chi connectivity index (χ0v) is 9.42. The van der Waals surface area contributed by atoms with Crippen LogP contribution in [0.2, 0.25) is 0 Å². The van der Waals surface area contributed by atoms with E-state index in [1.54, 1.807) is 12.3 Å². The van der Waals surface area contributed by atoms with E-state index in [4.69, 9.17) is 5.11 Å². The maximum absolute atomic E-state index is 10.9. The molecule has 3 nitrogen and oxygen atoms in total. The van der Waals surface area contributed by atoms with E-state index in [0.29, 0.717) is 6.54 Å². The van der Waals surface area contributed by atoms with Gasteiger partial charge in [0.15, 0.2) is 5.75 Å². The third-order valence-corrected chi connectivity index (χ3v) is 1.34. The average Bonchev–Trinajstić information content (AvgIpc) is 1.95. The van der Waals surface area contributed by atoms with E-state index in [1.807, 2.05) is 6.92 Å². The smallest absolute Gasteiger partial charge is 0.503 e. The molecule has 1 N–H and O–H groups in total. The Balaban J connectivity index is 0.000001000. The van der Waals surface area contributed by atoms with Gasteiger partial charge in [-0.3, -0.25) is 4.79 Å². The molecular weight excluding hydrogens is 195 g/mol. The van der Waals surface area contributed by atoms with Gasteiger partial charge in [0, 0.05) is 12.7 Å². The molecule has 0 bridgehead atoms. The van der Waals surface area contributed by atoms with Gasteiger partial charge in [0.05, 0.1) is 0 Å². The van der Waals surface area contributed by atoms with Crippen LogP contribution in [-0.4, -0.2) is 9.67 Å². The van der Waals surface area contributed by atoms with Crippen LogP contribution in [0.5, 0.6) is 5.75 Å². The molecule has 0 saturated carbocycles. The van der Waals surface area contributed by atoms with Gasteiger partial charge < -0.3 is 9.67 Å². The van der Waals surface area contributed by atoms with Crippen molar-refractivity contribution in [2.45, 2.75) is 13.5 Å². The molecule has 4 heteroatoms. The summed E-state index contributed by atoms with van der Waals surface area (Å²) < 4.78 is 1.44. The Labute approximate surface area is 77.4 Å². The minimum Gasteiger partial charge on any atom is -0.503 e. The predicted molar refractivity (Wildman–Crippen MR) is 38.0 cm³/mol. The first-order valence-electron chi connectivity index (χ1n) is 3.14. The number of nitrogens with zero attached hydrogens (tertiary/aromatic N) is 1. The molecule has 1 rings (SSSR count). The summed E-state index contributed by atoms with van der Waals surface area (Å²) in [5, 5.41) is 8.90. The first kappa shape index (κ1) is 10.4. The maximum atomic E-state index is 10.9. The predicted octanol–water partition coefficient (Wildman–Crippen LogP) is 0.571. The fraction of sp³-hybridized carbons (Fsp3) is 0.286. The van der Waals surface area contributed by atoms with Crippen molar-refractivity contribution in [2.24, 2.45) is 0 Å². The number of pyridine rings is 1. The van der Waals surface area contributed by atoms with Crippen molar-refractivity contribution < 1.29 is 24.6 Å². The van der Waals surface area contributed by atoms with Crippen LogP contribution in [-0.2, 0) is 26.0 Å². The zero-order chi connectivity index (χ0) is 7.56. The monoisotopic (exact) mass is 203 g/mol. The summed E-state index contributed by atoms with van der Waals surface area (Å²) >= 11 is 0. The average molecular weight is 205 g/mol. The van der Waals surface area contributed by atoms with Crippen LogP contribution in [0.3, 0.4) is 0 Å². The van der Waals surface area contributed by atoms with E-state index in [-0.39, 0.29) is 30.8 Å². The standard InChI is InChI=1S/C7H9NO2.Zn/c1-2-8-5-3-4-6(9)7(8)10;/h3-5,9H,2H2,1H3;/q;+2. The maximum Gasteiger partial charge on any atom is 2.00 e. The molecule has 11 heavy (non-hydrogen) atoms. The molecule has 0 aliphatic carbocycles. The Morgan fingerprint density at radius 3 is 2.73 bits per heavy atom. The third-order valence-electron chi connectivity index (χ3n) is 1.34. The van der Waals surface area contributed by atoms with Crippen molar-refractivity contribution in [2.75, 3.05) is 0 Å². The van der Waals surface area contributed by atoms with Crippen molar-refractivity contribution in [1.29, 1.82) is 0 Å². The Morgan fingerprint density at radius 1 is 1.64 bits per heavy atom. The van der Waals surface area contributed by atoms with Crippen LogP contribution >= 0.6 is 0 Å². The summed E-state index contributed by atoms with van der Waals surface area (Å²) in [6, 6.07) is 3.02. The van der Waals surface area contributed by atoms with Gasteiger partial charge in [0.1, 0.15) is 0 Å². The number of hydrogen-bond acceptors (Lipinski definition) is 2. The van der Waals surface area contributed by atoms with E-state index in [1.165, 1.54) is 10.6 Å². The molecule has 1 heterocycles. The molecule has 0 radical (unpaired) electrons. The molecule has 54 valence electrons. The van der Waals surface area contributed by atoms with Gasteiger partial charge in [-0.2, -0.15) is 0 Å². The molecule has 0 aromatic carbocycles. The van der Waals surface area contributed by atoms with Crippen LogP contribution in [0, 0.1) is 0 Å². The van der Waals surface area contributed by atoms with Crippen LogP contribution in [0.15, 0.2) is 23.1 Å². The molecule has 1 aromatic rings. The number of hydrogen-bond donors (Lipinski definition) is 1. The van der Waals surface area contributed by atoms with Gasteiger partial charge in [-0.1, -0.05) is 0 Å². The molecule has 0 atom stereocenters. The summed E-state index contributed by atoms with van der Waals surface area (Å²) in [7, 11) is 0. The topological polar surface area (TPSA) is 42.2 Å². The quantitative estimate of drug-likeness (QED) is 0.680. The number of rotatable bonds is 1.